The molecular formula is C28H23NO4. The third-order valence-electron chi connectivity index (χ3n) is 5.53. The Labute approximate surface area is 192 Å². The SMILES string of the molecule is O=Cc1cccc(C2C=CC(OCc3ccccc3)(c3cccnc3)C=C2/C=C/C(=O)O)c1. The highest BCUT2D eigenvalue weighted by Crippen LogP contribution is 2.41. The zero-order valence-electron chi connectivity index (χ0n) is 17.9. The fourth-order valence-corrected chi connectivity index (χ4v) is 3.91. The van der Waals surface area contributed by atoms with E-state index in [0.29, 0.717) is 12.2 Å². The first-order valence-electron chi connectivity index (χ1n) is 10.6. The van der Waals surface area contributed by atoms with Gasteiger partial charge in [0.05, 0.1) is 6.61 Å². The van der Waals surface area contributed by atoms with Crippen LogP contribution in [0.1, 0.15) is 33.0 Å². The molecule has 0 fully saturated rings. The first-order chi connectivity index (χ1) is 16.1. The fraction of sp³-hybridized carbons (Fsp3) is 0.107. The van der Waals surface area contributed by atoms with E-state index >= 15 is 0 Å². The monoisotopic (exact) mass is 437 g/mol. The van der Waals surface area contributed by atoms with E-state index in [1.54, 1.807) is 24.5 Å². The summed E-state index contributed by atoms with van der Waals surface area (Å²) in [6.45, 7) is 0.359. The number of hydrogen-bond acceptors (Lipinski definition) is 4. The molecule has 0 spiro atoms. The lowest BCUT2D eigenvalue weighted by molar-refractivity contribution is -0.131. The number of rotatable bonds is 8. The van der Waals surface area contributed by atoms with Gasteiger partial charge in [-0.1, -0.05) is 66.7 Å². The van der Waals surface area contributed by atoms with Crippen LogP contribution in [-0.2, 0) is 21.7 Å². The van der Waals surface area contributed by atoms with Gasteiger partial charge in [0.25, 0.3) is 0 Å². The van der Waals surface area contributed by atoms with Crippen LogP contribution in [0.3, 0.4) is 0 Å². The van der Waals surface area contributed by atoms with Gasteiger partial charge in [-0.25, -0.2) is 4.79 Å². The van der Waals surface area contributed by atoms with Crippen LogP contribution in [0.4, 0.5) is 0 Å². The van der Waals surface area contributed by atoms with E-state index in [2.05, 4.69) is 4.98 Å². The summed E-state index contributed by atoms with van der Waals surface area (Å²) in [5.74, 6) is -1.27. The summed E-state index contributed by atoms with van der Waals surface area (Å²) in [5, 5.41) is 9.26. The number of aldehydes is 1. The van der Waals surface area contributed by atoms with Gasteiger partial charge in [0, 0.05) is 35.5 Å². The van der Waals surface area contributed by atoms with Crippen molar-refractivity contribution in [1.29, 1.82) is 0 Å². The van der Waals surface area contributed by atoms with E-state index in [1.807, 2.05) is 78.9 Å². The van der Waals surface area contributed by atoms with Crippen molar-refractivity contribution in [2.75, 3.05) is 0 Å². The molecule has 4 rings (SSSR count). The van der Waals surface area contributed by atoms with Gasteiger partial charge >= 0.3 is 5.97 Å². The van der Waals surface area contributed by atoms with E-state index in [0.717, 1.165) is 34.6 Å². The van der Waals surface area contributed by atoms with E-state index in [1.165, 1.54) is 0 Å². The van der Waals surface area contributed by atoms with Crippen molar-refractivity contribution in [2.45, 2.75) is 18.1 Å². The van der Waals surface area contributed by atoms with Gasteiger partial charge in [0.15, 0.2) is 0 Å². The second-order valence-electron chi connectivity index (χ2n) is 7.75. The molecule has 3 aromatic rings. The summed E-state index contributed by atoms with van der Waals surface area (Å²) < 4.78 is 6.47. The van der Waals surface area contributed by atoms with Crippen LogP contribution in [0.2, 0.25) is 0 Å². The molecule has 0 amide bonds. The molecule has 33 heavy (non-hydrogen) atoms. The van der Waals surface area contributed by atoms with Gasteiger partial charge in [-0.05, 0) is 41.0 Å². The molecule has 0 aliphatic heterocycles. The number of carboxylic acids is 1. The zero-order chi connectivity index (χ0) is 23.1. The van der Waals surface area contributed by atoms with Crippen molar-refractivity contribution in [3.8, 4) is 0 Å². The van der Waals surface area contributed by atoms with Crippen LogP contribution in [0.5, 0.6) is 0 Å². The average molecular weight is 437 g/mol. The molecule has 1 aliphatic carbocycles. The molecule has 1 aliphatic rings. The molecule has 0 saturated carbocycles. The maximum atomic E-state index is 11.3. The maximum Gasteiger partial charge on any atom is 0.328 e. The highest BCUT2D eigenvalue weighted by atomic mass is 16.5. The second-order valence-corrected chi connectivity index (χ2v) is 7.75. The lowest BCUT2D eigenvalue weighted by Gasteiger charge is -2.34. The highest BCUT2D eigenvalue weighted by molar-refractivity contribution is 5.80. The molecule has 164 valence electrons. The number of carboxylic acid groups (broad SMARTS) is 1. The molecule has 0 radical (unpaired) electrons. The summed E-state index contributed by atoms with van der Waals surface area (Å²) in [6, 6.07) is 20.9. The minimum atomic E-state index is -1.04. The molecule has 0 saturated heterocycles. The summed E-state index contributed by atoms with van der Waals surface area (Å²) >= 11 is 0. The van der Waals surface area contributed by atoms with Crippen molar-refractivity contribution in [1.82, 2.24) is 4.98 Å². The predicted molar refractivity (Wildman–Crippen MR) is 126 cm³/mol. The van der Waals surface area contributed by atoms with Crippen molar-refractivity contribution in [2.24, 2.45) is 0 Å². The molecule has 2 aromatic carbocycles. The quantitative estimate of drug-likeness (QED) is 0.297. The molecule has 1 heterocycles. The number of aliphatic carboxylic acids is 1. The van der Waals surface area contributed by atoms with E-state index in [-0.39, 0.29) is 5.92 Å². The highest BCUT2D eigenvalue weighted by Gasteiger charge is 2.34. The Hall–Kier alpha value is -4.09. The first kappa shape index (κ1) is 22.1. The van der Waals surface area contributed by atoms with E-state index < -0.39 is 11.6 Å². The van der Waals surface area contributed by atoms with Gasteiger partial charge in [0.2, 0.25) is 0 Å². The summed E-state index contributed by atoms with van der Waals surface area (Å²) in [6.07, 6.45) is 12.8. The molecule has 2 atom stereocenters. The Morgan fingerprint density at radius 3 is 2.67 bits per heavy atom. The van der Waals surface area contributed by atoms with Crippen molar-refractivity contribution in [3.63, 3.8) is 0 Å². The molecule has 1 aromatic heterocycles. The molecule has 0 bridgehead atoms. The van der Waals surface area contributed by atoms with Crippen LogP contribution in [0.25, 0.3) is 0 Å². The summed E-state index contributed by atoms with van der Waals surface area (Å²) in [5.41, 5.74) is 3.12. The van der Waals surface area contributed by atoms with Crippen molar-refractivity contribution in [3.05, 3.63) is 137 Å². The number of hydrogen-bond donors (Lipinski definition) is 1. The van der Waals surface area contributed by atoms with Crippen LogP contribution in [0, 0.1) is 0 Å². The zero-order valence-corrected chi connectivity index (χ0v) is 17.9. The Kier molecular flexibility index (Phi) is 6.72. The normalized spacial score (nSPS) is 19.9. The predicted octanol–water partition coefficient (Wildman–Crippen LogP) is 5.23. The standard InChI is InChI=1S/C28H23NO4/c30-19-22-8-4-9-23(16-22)26-13-14-28(25-10-5-15-29-18-25,17-24(26)11-12-27(31)32)33-20-21-6-2-1-3-7-21/h1-19,26H,20H2,(H,31,32)/b12-11+. The second kappa shape index (κ2) is 10.0. The molecule has 5 nitrogen and oxygen atoms in total. The van der Waals surface area contributed by atoms with Crippen LogP contribution < -0.4 is 0 Å². The molecule has 5 heteroatoms. The fourth-order valence-electron chi connectivity index (χ4n) is 3.91. The topological polar surface area (TPSA) is 76.5 Å². The molecular weight excluding hydrogens is 414 g/mol. The van der Waals surface area contributed by atoms with Crippen LogP contribution >= 0.6 is 0 Å². The Balaban J connectivity index is 1.79. The average Bonchev–Trinajstić information content (AvgIpc) is 2.87. The lowest BCUT2D eigenvalue weighted by atomic mass is 9.79. The first-order valence-corrected chi connectivity index (χ1v) is 10.6. The summed E-state index contributed by atoms with van der Waals surface area (Å²) in [7, 11) is 0. The van der Waals surface area contributed by atoms with Crippen molar-refractivity contribution >= 4 is 12.3 Å². The minimum Gasteiger partial charge on any atom is -0.478 e. The number of nitrogens with zero attached hydrogens (tertiary/aromatic N) is 1. The summed E-state index contributed by atoms with van der Waals surface area (Å²) in [4.78, 5) is 26.9. The van der Waals surface area contributed by atoms with Gasteiger partial charge in [0.1, 0.15) is 11.9 Å². The maximum absolute atomic E-state index is 11.3. The Morgan fingerprint density at radius 1 is 1.09 bits per heavy atom. The van der Waals surface area contributed by atoms with Gasteiger partial charge in [-0.3, -0.25) is 9.78 Å². The van der Waals surface area contributed by atoms with Gasteiger partial charge in [-0.2, -0.15) is 0 Å². The largest absolute Gasteiger partial charge is 0.478 e. The van der Waals surface area contributed by atoms with Gasteiger partial charge in [-0.15, -0.1) is 0 Å². The van der Waals surface area contributed by atoms with Crippen LogP contribution in [0.15, 0.2) is 115 Å². The van der Waals surface area contributed by atoms with Crippen LogP contribution in [-0.4, -0.2) is 22.3 Å². The van der Waals surface area contributed by atoms with E-state index in [9.17, 15) is 14.7 Å². The minimum absolute atomic E-state index is 0.231. The number of carbonyl (C=O) groups excluding carboxylic acids is 1. The molecule has 1 N–H and O–H groups in total. The number of aromatic nitrogens is 1. The van der Waals surface area contributed by atoms with E-state index in [4.69, 9.17) is 4.74 Å². The third-order valence-corrected chi connectivity index (χ3v) is 5.53. The molecule has 2 unspecified atom stereocenters. The number of allylic oxidation sites excluding steroid dienone is 3. The van der Waals surface area contributed by atoms with Gasteiger partial charge < -0.3 is 9.84 Å². The number of ether oxygens (including phenoxy) is 1. The smallest absolute Gasteiger partial charge is 0.328 e. The Morgan fingerprint density at radius 2 is 1.94 bits per heavy atom. The number of benzene rings is 2. The Bertz CT molecular complexity index is 1210. The van der Waals surface area contributed by atoms with Crippen molar-refractivity contribution < 1.29 is 19.4 Å². The number of pyridine rings is 1. The lowest BCUT2D eigenvalue weighted by Crippen LogP contribution is -2.29. The third kappa shape index (κ3) is 5.22. The number of carbonyl (C=O) groups is 2.